The Kier molecular flexibility index (Phi) is 2.63. The van der Waals surface area contributed by atoms with Crippen molar-refractivity contribution in [3.05, 3.63) is 30.3 Å². The molecule has 1 nitrogen and oxygen atoms in total. The molecule has 0 radical (unpaired) electrons. The summed E-state index contributed by atoms with van der Waals surface area (Å²) in [6.45, 7) is 0. The second-order valence-electron chi connectivity index (χ2n) is 1.67. The summed E-state index contributed by atoms with van der Waals surface area (Å²) in [6, 6.07) is 9.87. The average Bonchev–Trinajstić information content (AvgIpc) is 1.91. The van der Waals surface area contributed by atoms with Gasteiger partial charge in [0.25, 0.3) is 0 Å². The molecule has 0 aliphatic carbocycles. The van der Waals surface area contributed by atoms with E-state index >= 15 is 0 Å². The van der Waals surface area contributed by atoms with Crippen molar-refractivity contribution in [2.75, 3.05) is 0 Å². The zero-order valence-electron chi connectivity index (χ0n) is 5.37. The van der Waals surface area contributed by atoms with E-state index in [4.69, 9.17) is 3.79 Å². The standard InChI is InChI=1S/C6H6O.CH3.Al/c7-6-4-2-1-3-5-6;;/h1-5,7H;1H3;/q;;+2/p-1. The Balaban J connectivity index is 2.61. The molecular weight excluding hydrogens is 127 g/mol. The minimum atomic E-state index is 0.125. The molecule has 1 aromatic rings. The topological polar surface area (TPSA) is 9.23 Å². The van der Waals surface area contributed by atoms with E-state index in [2.05, 4.69) is 5.79 Å². The van der Waals surface area contributed by atoms with Gasteiger partial charge in [0.05, 0.1) is 0 Å². The van der Waals surface area contributed by atoms with Gasteiger partial charge >= 0.3 is 61.2 Å². The fourth-order valence-corrected chi connectivity index (χ4v) is 1.06. The fourth-order valence-electron chi connectivity index (χ4n) is 0.635. The molecule has 0 unspecified atom stereocenters. The van der Waals surface area contributed by atoms with Crippen LogP contribution in [0.1, 0.15) is 0 Å². The number of rotatable bonds is 2. The van der Waals surface area contributed by atoms with E-state index in [1.807, 2.05) is 30.3 Å². The van der Waals surface area contributed by atoms with Crippen molar-refractivity contribution >= 4 is 15.6 Å². The molecule has 0 N–H and O–H groups in total. The van der Waals surface area contributed by atoms with E-state index in [1.165, 1.54) is 0 Å². The van der Waals surface area contributed by atoms with E-state index in [1.54, 1.807) is 0 Å². The maximum atomic E-state index is 5.29. The van der Waals surface area contributed by atoms with Crippen LogP contribution >= 0.6 is 0 Å². The van der Waals surface area contributed by atoms with Gasteiger partial charge in [-0.2, -0.15) is 0 Å². The Morgan fingerprint density at radius 3 is 2.44 bits per heavy atom. The monoisotopic (exact) mass is 135 g/mol. The van der Waals surface area contributed by atoms with E-state index in [-0.39, 0.29) is 15.6 Å². The van der Waals surface area contributed by atoms with Gasteiger partial charge in [-0.25, -0.2) is 0 Å². The Hall–Kier alpha value is -0.448. The summed E-state index contributed by atoms with van der Waals surface area (Å²) >= 11 is 0.125. The van der Waals surface area contributed by atoms with Crippen LogP contribution in [-0.4, -0.2) is 15.6 Å². The molecule has 0 fully saturated rings. The molecule has 0 heterocycles. The van der Waals surface area contributed by atoms with Crippen molar-refractivity contribution in [2.24, 2.45) is 0 Å². The molecule has 44 valence electrons. The van der Waals surface area contributed by atoms with Crippen molar-refractivity contribution in [1.29, 1.82) is 0 Å². The van der Waals surface area contributed by atoms with Gasteiger partial charge < -0.3 is 0 Å². The van der Waals surface area contributed by atoms with Crippen LogP contribution in [0.15, 0.2) is 30.3 Å². The molecule has 0 aliphatic rings. The number of hydrogen-bond acceptors (Lipinski definition) is 1. The minimum absolute atomic E-state index is 0.125. The van der Waals surface area contributed by atoms with Crippen molar-refractivity contribution in [1.82, 2.24) is 0 Å². The zero-order chi connectivity index (χ0) is 6.53. The number of benzene rings is 1. The Morgan fingerprint density at radius 1 is 1.22 bits per heavy atom. The first-order chi connectivity index (χ1) is 4.43. The Morgan fingerprint density at radius 2 is 1.89 bits per heavy atom. The summed E-state index contributed by atoms with van der Waals surface area (Å²) in [5.74, 6) is 3.04. The number of hydrogen-bond donors (Lipinski definition) is 0. The van der Waals surface area contributed by atoms with Gasteiger partial charge in [-0.15, -0.1) is 0 Å². The predicted molar refractivity (Wildman–Crippen MR) is 38.7 cm³/mol. The summed E-state index contributed by atoms with van der Waals surface area (Å²) in [5.41, 5.74) is 0. The van der Waals surface area contributed by atoms with Crippen LogP contribution in [-0.2, 0) is 0 Å². The second-order valence-corrected chi connectivity index (χ2v) is 2.37. The van der Waals surface area contributed by atoms with E-state index in [0.717, 1.165) is 5.75 Å². The van der Waals surface area contributed by atoms with Crippen LogP contribution in [0.2, 0.25) is 5.79 Å². The van der Waals surface area contributed by atoms with E-state index in [9.17, 15) is 0 Å². The van der Waals surface area contributed by atoms with Crippen molar-refractivity contribution < 1.29 is 3.79 Å². The first-order valence-corrected chi connectivity index (χ1v) is 4.55. The van der Waals surface area contributed by atoms with Gasteiger partial charge in [0, 0.05) is 0 Å². The van der Waals surface area contributed by atoms with Gasteiger partial charge in [0.15, 0.2) is 0 Å². The molecule has 0 saturated heterocycles. The predicted octanol–water partition coefficient (Wildman–Crippen LogP) is 1.73. The molecule has 9 heavy (non-hydrogen) atoms. The zero-order valence-corrected chi connectivity index (χ0v) is 6.53. The SMILES string of the molecule is [CH3][Al+][O]c1ccccc1. The van der Waals surface area contributed by atoms with Crippen molar-refractivity contribution in [3.63, 3.8) is 0 Å². The van der Waals surface area contributed by atoms with Crippen molar-refractivity contribution in [3.8, 4) is 5.75 Å². The molecule has 0 amide bonds. The molecule has 2 heteroatoms. The third kappa shape index (κ3) is 2.09. The summed E-state index contributed by atoms with van der Waals surface area (Å²) in [5, 5.41) is 0. The Bertz CT molecular complexity index is 162. The average molecular weight is 135 g/mol. The molecule has 0 atom stereocenters. The molecule has 0 bridgehead atoms. The normalized spacial score (nSPS) is 8.11. The van der Waals surface area contributed by atoms with E-state index < -0.39 is 0 Å². The molecular formula is C7H8AlO+. The van der Waals surface area contributed by atoms with Gasteiger partial charge in [-0.3, -0.25) is 0 Å². The van der Waals surface area contributed by atoms with Crippen LogP contribution in [0.3, 0.4) is 0 Å². The fraction of sp³-hybridized carbons (Fsp3) is 0.143. The molecule has 0 spiro atoms. The number of para-hydroxylation sites is 1. The quantitative estimate of drug-likeness (QED) is 0.561. The van der Waals surface area contributed by atoms with Crippen LogP contribution < -0.4 is 3.79 Å². The Labute approximate surface area is 61.7 Å². The summed E-state index contributed by atoms with van der Waals surface area (Å²) in [7, 11) is 0. The summed E-state index contributed by atoms with van der Waals surface area (Å²) < 4.78 is 5.29. The molecule has 1 aromatic carbocycles. The molecule has 1 rings (SSSR count). The first kappa shape index (κ1) is 6.67. The molecule has 0 aliphatic heterocycles. The van der Waals surface area contributed by atoms with Gasteiger partial charge in [0.1, 0.15) is 0 Å². The summed E-state index contributed by atoms with van der Waals surface area (Å²) in [4.78, 5) is 0. The third-order valence-electron chi connectivity index (χ3n) is 0.997. The maximum absolute atomic E-state index is 5.29. The third-order valence-corrected chi connectivity index (χ3v) is 1.51. The van der Waals surface area contributed by atoms with Crippen LogP contribution in [0.5, 0.6) is 5.75 Å². The van der Waals surface area contributed by atoms with Crippen LogP contribution in [0, 0.1) is 0 Å². The molecule has 0 saturated carbocycles. The van der Waals surface area contributed by atoms with Gasteiger partial charge in [0.2, 0.25) is 0 Å². The first-order valence-electron chi connectivity index (χ1n) is 2.93. The second kappa shape index (κ2) is 3.55. The van der Waals surface area contributed by atoms with Gasteiger partial charge in [-0.1, -0.05) is 0 Å². The van der Waals surface area contributed by atoms with Gasteiger partial charge in [-0.05, 0) is 0 Å². The van der Waals surface area contributed by atoms with Crippen LogP contribution in [0.25, 0.3) is 0 Å². The molecule has 0 aromatic heterocycles. The van der Waals surface area contributed by atoms with Crippen molar-refractivity contribution in [2.45, 2.75) is 5.79 Å². The van der Waals surface area contributed by atoms with Crippen LogP contribution in [0.4, 0.5) is 0 Å². The van der Waals surface area contributed by atoms with E-state index in [0.29, 0.717) is 0 Å². The summed E-state index contributed by atoms with van der Waals surface area (Å²) in [6.07, 6.45) is 0.